The minimum atomic E-state index is -3.95. The molecule has 5 rings (SSSR count). The van der Waals surface area contributed by atoms with Crippen LogP contribution in [0.4, 0.5) is 19.0 Å². The quantitative estimate of drug-likeness (QED) is 0.594. The van der Waals surface area contributed by atoms with Crippen LogP contribution in [0.5, 0.6) is 0 Å². The number of piperidine rings is 1. The molecule has 2 aliphatic rings. The fraction of sp³-hybridized carbons (Fsp3) is 0.333. The van der Waals surface area contributed by atoms with E-state index in [4.69, 9.17) is 4.74 Å². The highest BCUT2D eigenvalue weighted by Crippen LogP contribution is 2.40. The maximum Gasteiger partial charge on any atom is 0.245 e. The number of hydrogen-bond donors (Lipinski definition) is 0. The van der Waals surface area contributed by atoms with E-state index in [1.165, 1.54) is 18.3 Å². The van der Waals surface area contributed by atoms with E-state index in [2.05, 4.69) is 9.97 Å². The van der Waals surface area contributed by atoms with Gasteiger partial charge in [-0.2, -0.15) is 4.31 Å². The van der Waals surface area contributed by atoms with E-state index in [0.29, 0.717) is 0 Å². The van der Waals surface area contributed by atoms with Gasteiger partial charge in [0.25, 0.3) is 0 Å². The summed E-state index contributed by atoms with van der Waals surface area (Å²) in [6.07, 6.45) is -0.240. The van der Waals surface area contributed by atoms with Crippen molar-refractivity contribution in [2.45, 2.75) is 23.2 Å². The first-order valence-corrected chi connectivity index (χ1v) is 11.5. The van der Waals surface area contributed by atoms with E-state index in [-0.39, 0.29) is 54.4 Å². The molecule has 2 atom stereocenters. The predicted octanol–water partition coefficient (Wildman–Crippen LogP) is 2.87. The molecule has 32 heavy (non-hydrogen) atoms. The lowest BCUT2D eigenvalue weighted by Gasteiger charge is -2.45. The summed E-state index contributed by atoms with van der Waals surface area (Å²) in [5.74, 6) is -1.79. The Morgan fingerprint density at radius 1 is 1.06 bits per heavy atom. The molecule has 0 aliphatic carbocycles. The zero-order valence-corrected chi connectivity index (χ0v) is 17.6. The van der Waals surface area contributed by atoms with Crippen LogP contribution < -0.4 is 4.90 Å². The van der Waals surface area contributed by atoms with Gasteiger partial charge >= 0.3 is 0 Å². The van der Waals surface area contributed by atoms with Crippen molar-refractivity contribution in [2.24, 2.45) is 0 Å². The molecule has 0 amide bonds. The zero-order valence-electron chi connectivity index (χ0n) is 16.8. The first-order chi connectivity index (χ1) is 15.3. The van der Waals surface area contributed by atoms with Crippen LogP contribution >= 0.6 is 0 Å². The van der Waals surface area contributed by atoms with Crippen LogP contribution in [-0.4, -0.2) is 60.8 Å². The Labute approximate surface area is 182 Å². The van der Waals surface area contributed by atoms with Gasteiger partial charge < -0.3 is 9.64 Å². The number of rotatable bonds is 3. The third kappa shape index (κ3) is 3.31. The zero-order chi connectivity index (χ0) is 22.5. The average Bonchev–Trinajstić information content (AvgIpc) is 3.22. The number of aromatic nitrogens is 2. The second kappa shape index (κ2) is 7.68. The smallest absolute Gasteiger partial charge is 0.245 e. The molecule has 0 saturated carbocycles. The molecule has 2 unspecified atom stereocenters. The summed E-state index contributed by atoms with van der Waals surface area (Å²) < 4.78 is 75.8. The van der Waals surface area contributed by atoms with Crippen LogP contribution in [0.25, 0.3) is 11.0 Å². The van der Waals surface area contributed by atoms with Gasteiger partial charge in [-0.25, -0.2) is 26.6 Å². The van der Waals surface area contributed by atoms with Crippen molar-refractivity contribution in [3.05, 3.63) is 60.3 Å². The van der Waals surface area contributed by atoms with Crippen molar-refractivity contribution in [1.82, 2.24) is 14.3 Å². The van der Waals surface area contributed by atoms with E-state index < -0.39 is 33.6 Å². The number of sulfonamides is 1. The summed E-state index contributed by atoms with van der Waals surface area (Å²) in [5.41, 5.74) is -1.29. The molecule has 3 heterocycles. The van der Waals surface area contributed by atoms with E-state index in [0.717, 1.165) is 16.4 Å². The van der Waals surface area contributed by atoms with Crippen LogP contribution in [0.2, 0.25) is 0 Å². The second-order valence-electron chi connectivity index (χ2n) is 7.73. The minimum absolute atomic E-state index is 0.0538. The fourth-order valence-electron chi connectivity index (χ4n) is 4.29. The third-order valence-corrected chi connectivity index (χ3v) is 7.85. The van der Waals surface area contributed by atoms with Crippen molar-refractivity contribution >= 4 is 26.9 Å². The average molecular weight is 464 g/mol. The Kier molecular flexibility index (Phi) is 5.06. The molecule has 3 aromatic rings. The molecule has 7 nitrogen and oxygen atoms in total. The molecule has 1 spiro atoms. The van der Waals surface area contributed by atoms with Crippen molar-refractivity contribution in [2.75, 3.05) is 31.1 Å². The Bertz CT molecular complexity index is 1280. The molecular formula is C21H19F3N4O3S. The lowest BCUT2D eigenvalue weighted by molar-refractivity contribution is -0.116. The van der Waals surface area contributed by atoms with E-state index in [1.807, 2.05) is 0 Å². The lowest BCUT2D eigenvalue weighted by Crippen LogP contribution is -2.62. The summed E-state index contributed by atoms with van der Waals surface area (Å²) in [4.78, 5) is 10.1. The lowest BCUT2D eigenvalue weighted by atomic mass is 9.98. The third-order valence-electron chi connectivity index (χ3n) is 5.91. The largest absolute Gasteiger partial charge is 0.355 e. The molecule has 2 fully saturated rings. The number of ether oxygens (including phenoxy) is 1. The van der Waals surface area contributed by atoms with Gasteiger partial charge in [0.2, 0.25) is 10.0 Å². The van der Waals surface area contributed by atoms with Gasteiger partial charge in [-0.3, -0.25) is 4.98 Å². The standard InChI is InChI=1S/C21H19F3N4O3S/c22-15-10-17-18(11-16(15)23)26-20(12-25-17)27-7-6-21(19(24)13-27)28(8-9-31-21)32(29,30)14-4-2-1-3-5-14/h1-5,10-12,19H,6-9,13H2. The number of halogens is 3. The number of alkyl halides is 1. The van der Waals surface area contributed by atoms with Gasteiger partial charge in [-0.05, 0) is 12.1 Å². The topological polar surface area (TPSA) is 75.6 Å². The summed E-state index contributed by atoms with van der Waals surface area (Å²) in [5, 5.41) is 0. The van der Waals surface area contributed by atoms with Crippen LogP contribution in [0.3, 0.4) is 0 Å². The van der Waals surface area contributed by atoms with E-state index >= 15 is 4.39 Å². The van der Waals surface area contributed by atoms with Gasteiger partial charge in [0.15, 0.2) is 23.5 Å². The highest BCUT2D eigenvalue weighted by Gasteiger charge is 2.57. The Balaban J connectivity index is 1.42. The summed E-state index contributed by atoms with van der Waals surface area (Å²) in [6.45, 7) is 0.196. The Morgan fingerprint density at radius 2 is 1.78 bits per heavy atom. The molecule has 0 radical (unpaired) electrons. The number of anilines is 1. The molecule has 2 aromatic carbocycles. The van der Waals surface area contributed by atoms with Crippen molar-refractivity contribution in [1.29, 1.82) is 0 Å². The fourth-order valence-corrected chi connectivity index (χ4v) is 6.03. The van der Waals surface area contributed by atoms with Crippen LogP contribution in [-0.2, 0) is 14.8 Å². The number of fused-ring (bicyclic) bond motifs is 1. The highest BCUT2D eigenvalue weighted by molar-refractivity contribution is 7.89. The number of nitrogens with zero attached hydrogens (tertiary/aromatic N) is 4. The highest BCUT2D eigenvalue weighted by atomic mass is 32.2. The maximum atomic E-state index is 15.6. The molecule has 168 valence electrons. The molecular weight excluding hydrogens is 445 g/mol. The SMILES string of the molecule is O=S(=O)(c1ccccc1)N1CCOC12CCN(c1cnc3cc(F)c(F)cc3n1)CC2F. The summed E-state index contributed by atoms with van der Waals surface area (Å²) in [6, 6.07) is 9.75. The van der Waals surface area contributed by atoms with Crippen molar-refractivity contribution in [3.8, 4) is 0 Å². The van der Waals surface area contributed by atoms with Crippen molar-refractivity contribution in [3.63, 3.8) is 0 Å². The van der Waals surface area contributed by atoms with Gasteiger partial charge in [-0.1, -0.05) is 18.2 Å². The summed E-state index contributed by atoms with van der Waals surface area (Å²) >= 11 is 0. The molecule has 2 aliphatic heterocycles. The normalized spacial score (nSPS) is 24.5. The van der Waals surface area contributed by atoms with Gasteiger partial charge in [0, 0.05) is 31.6 Å². The van der Waals surface area contributed by atoms with Crippen LogP contribution in [0.1, 0.15) is 6.42 Å². The monoisotopic (exact) mass is 464 g/mol. The molecule has 0 N–H and O–H groups in total. The van der Waals surface area contributed by atoms with Crippen LogP contribution in [0.15, 0.2) is 53.6 Å². The van der Waals surface area contributed by atoms with Gasteiger partial charge in [0.1, 0.15) is 5.82 Å². The Morgan fingerprint density at radius 3 is 2.50 bits per heavy atom. The molecule has 0 bridgehead atoms. The first-order valence-electron chi connectivity index (χ1n) is 10.0. The maximum absolute atomic E-state index is 15.6. The Hall–Kier alpha value is -2.76. The molecule has 2 saturated heterocycles. The van der Waals surface area contributed by atoms with Crippen molar-refractivity contribution < 1.29 is 26.3 Å². The second-order valence-corrected chi connectivity index (χ2v) is 9.59. The summed E-state index contributed by atoms with van der Waals surface area (Å²) in [7, 11) is -3.95. The van der Waals surface area contributed by atoms with Crippen LogP contribution in [0, 0.1) is 11.6 Å². The molecule has 1 aromatic heterocycles. The first kappa shape index (κ1) is 21.1. The minimum Gasteiger partial charge on any atom is -0.355 e. The number of benzene rings is 2. The van der Waals surface area contributed by atoms with Gasteiger partial charge in [0.05, 0.1) is 35.3 Å². The number of hydrogen-bond acceptors (Lipinski definition) is 6. The molecule has 11 heteroatoms. The van der Waals surface area contributed by atoms with E-state index in [1.54, 1.807) is 23.1 Å². The van der Waals surface area contributed by atoms with E-state index in [9.17, 15) is 17.2 Å². The van der Waals surface area contributed by atoms with Gasteiger partial charge in [-0.15, -0.1) is 0 Å². The predicted molar refractivity (Wildman–Crippen MR) is 110 cm³/mol.